The van der Waals surface area contributed by atoms with Gasteiger partial charge in [0.15, 0.2) is 11.6 Å². The van der Waals surface area contributed by atoms with Gasteiger partial charge >= 0.3 is 0 Å². The van der Waals surface area contributed by atoms with Crippen molar-refractivity contribution in [3.63, 3.8) is 0 Å². The monoisotopic (exact) mass is 488 g/mol. The lowest BCUT2D eigenvalue weighted by molar-refractivity contribution is 0.254. The molecule has 1 fully saturated rings. The van der Waals surface area contributed by atoms with E-state index in [0.717, 1.165) is 29.4 Å². The molecule has 0 heterocycles. The molecule has 0 radical (unpaired) electrons. The predicted octanol–water partition coefficient (Wildman–Crippen LogP) is 9.79. The van der Waals surface area contributed by atoms with E-state index in [9.17, 15) is 8.78 Å². The zero-order chi connectivity index (χ0) is 25.3. The summed E-state index contributed by atoms with van der Waals surface area (Å²) in [6.07, 6.45) is 15.0. The number of halogens is 2. The molecule has 0 amide bonds. The summed E-state index contributed by atoms with van der Waals surface area (Å²) in [5.41, 5.74) is 4.47. The van der Waals surface area contributed by atoms with Crippen LogP contribution >= 0.6 is 0 Å². The van der Waals surface area contributed by atoms with Crippen LogP contribution in [0, 0.1) is 23.5 Å². The van der Waals surface area contributed by atoms with E-state index in [-0.39, 0.29) is 11.3 Å². The minimum absolute atomic E-state index is 0.0526. The standard InChI is InChI=1S/C33H38F2O/c1-3-5-6-7-24-8-10-25(11-9-24)12-13-26-14-16-27(17-15-26)28-18-20-29(21-19-28)30-22-23-31(36-4-2)33(35)32(30)34/h3,5,14-25H,4,6-13H2,1-2H3/b5-3+. The van der Waals surface area contributed by atoms with Gasteiger partial charge in [-0.2, -0.15) is 4.39 Å². The average molecular weight is 489 g/mol. The molecule has 1 aliphatic carbocycles. The highest BCUT2D eigenvalue weighted by Crippen LogP contribution is 2.35. The molecule has 190 valence electrons. The van der Waals surface area contributed by atoms with E-state index >= 15 is 0 Å². The minimum Gasteiger partial charge on any atom is -0.491 e. The second-order valence-electron chi connectivity index (χ2n) is 10.0. The number of hydrogen-bond donors (Lipinski definition) is 0. The lowest BCUT2D eigenvalue weighted by Gasteiger charge is -2.28. The topological polar surface area (TPSA) is 9.23 Å². The molecule has 0 saturated heterocycles. The summed E-state index contributed by atoms with van der Waals surface area (Å²) >= 11 is 0. The zero-order valence-electron chi connectivity index (χ0n) is 21.6. The Kier molecular flexibility index (Phi) is 9.33. The van der Waals surface area contributed by atoms with Gasteiger partial charge < -0.3 is 4.74 Å². The molecular weight excluding hydrogens is 450 g/mol. The molecule has 0 aliphatic heterocycles. The van der Waals surface area contributed by atoms with E-state index in [1.807, 2.05) is 24.3 Å². The van der Waals surface area contributed by atoms with Crippen molar-refractivity contribution in [3.8, 4) is 28.0 Å². The maximum absolute atomic E-state index is 14.6. The van der Waals surface area contributed by atoms with Crippen LogP contribution in [0.3, 0.4) is 0 Å². The van der Waals surface area contributed by atoms with E-state index < -0.39 is 11.6 Å². The van der Waals surface area contributed by atoms with Crippen LogP contribution in [0.5, 0.6) is 5.75 Å². The highest BCUT2D eigenvalue weighted by Gasteiger charge is 2.20. The first-order chi connectivity index (χ1) is 17.6. The predicted molar refractivity (Wildman–Crippen MR) is 146 cm³/mol. The first-order valence-electron chi connectivity index (χ1n) is 13.5. The van der Waals surface area contributed by atoms with Crippen LogP contribution in [-0.4, -0.2) is 6.61 Å². The Morgan fingerprint density at radius 1 is 0.750 bits per heavy atom. The third-order valence-corrected chi connectivity index (χ3v) is 7.61. The van der Waals surface area contributed by atoms with Crippen molar-refractivity contribution < 1.29 is 13.5 Å². The normalized spacial score (nSPS) is 18.0. The molecule has 3 aromatic rings. The summed E-state index contributed by atoms with van der Waals surface area (Å²) in [4.78, 5) is 0. The van der Waals surface area contributed by atoms with E-state index in [4.69, 9.17) is 4.74 Å². The second kappa shape index (κ2) is 12.9. The van der Waals surface area contributed by atoms with Gasteiger partial charge in [0.1, 0.15) is 0 Å². The molecule has 0 spiro atoms. The first-order valence-corrected chi connectivity index (χ1v) is 13.5. The first kappa shape index (κ1) is 26.1. The summed E-state index contributed by atoms with van der Waals surface area (Å²) < 4.78 is 34.0. The molecule has 3 heteroatoms. The summed E-state index contributed by atoms with van der Waals surface area (Å²) in [6.45, 7) is 4.15. The van der Waals surface area contributed by atoms with Gasteiger partial charge in [-0.1, -0.05) is 86.4 Å². The molecule has 4 rings (SSSR count). The van der Waals surface area contributed by atoms with Gasteiger partial charge in [-0.25, -0.2) is 4.39 Å². The smallest absolute Gasteiger partial charge is 0.201 e. The third kappa shape index (κ3) is 6.63. The van der Waals surface area contributed by atoms with Crippen molar-refractivity contribution in [1.29, 1.82) is 0 Å². The van der Waals surface area contributed by atoms with Crippen molar-refractivity contribution in [3.05, 3.63) is 90.0 Å². The Balaban J connectivity index is 1.31. The quantitative estimate of drug-likeness (QED) is 0.258. The van der Waals surface area contributed by atoms with Crippen molar-refractivity contribution in [2.24, 2.45) is 11.8 Å². The molecule has 0 N–H and O–H groups in total. The molecule has 1 saturated carbocycles. The van der Waals surface area contributed by atoms with Crippen LogP contribution in [0.1, 0.15) is 64.4 Å². The Hall–Kier alpha value is -2.94. The molecule has 0 bridgehead atoms. The molecule has 36 heavy (non-hydrogen) atoms. The van der Waals surface area contributed by atoms with Crippen LogP contribution in [0.15, 0.2) is 72.8 Å². The molecule has 0 unspecified atom stereocenters. The number of rotatable bonds is 10. The lowest BCUT2D eigenvalue weighted by atomic mass is 9.78. The maximum Gasteiger partial charge on any atom is 0.201 e. The summed E-state index contributed by atoms with van der Waals surface area (Å²) in [5, 5.41) is 0. The lowest BCUT2D eigenvalue weighted by Crippen LogP contribution is -2.15. The van der Waals surface area contributed by atoms with Crippen LogP contribution in [0.2, 0.25) is 0 Å². The minimum atomic E-state index is -0.938. The van der Waals surface area contributed by atoms with E-state index in [0.29, 0.717) is 12.2 Å². The number of aryl methyl sites for hydroxylation is 1. The zero-order valence-corrected chi connectivity index (χ0v) is 21.6. The highest BCUT2D eigenvalue weighted by atomic mass is 19.2. The molecule has 1 nitrogen and oxygen atoms in total. The van der Waals surface area contributed by atoms with E-state index in [1.54, 1.807) is 13.0 Å². The fraction of sp³-hybridized carbons (Fsp3) is 0.394. The molecule has 1 aliphatic rings. The van der Waals surface area contributed by atoms with E-state index in [2.05, 4.69) is 43.3 Å². The molecule has 3 aromatic carbocycles. The third-order valence-electron chi connectivity index (χ3n) is 7.61. The summed E-state index contributed by atoms with van der Waals surface area (Å²) in [6, 6.07) is 19.5. The Morgan fingerprint density at radius 2 is 1.33 bits per heavy atom. The van der Waals surface area contributed by atoms with Crippen molar-refractivity contribution in [1.82, 2.24) is 0 Å². The van der Waals surface area contributed by atoms with Gasteiger partial charge in [0.2, 0.25) is 5.82 Å². The fourth-order valence-electron chi connectivity index (χ4n) is 5.41. The van der Waals surface area contributed by atoms with Crippen molar-refractivity contribution >= 4 is 0 Å². The van der Waals surface area contributed by atoms with Gasteiger partial charge in [0.25, 0.3) is 0 Å². The number of benzene rings is 3. The van der Waals surface area contributed by atoms with Crippen molar-refractivity contribution in [2.45, 2.75) is 65.2 Å². The van der Waals surface area contributed by atoms with Gasteiger partial charge in [0.05, 0.1) is 6.61 Å². The Labute approximate surface area is 215 Å². The Bertz CT molecular complexity index is 1120. The number of ether oxygens (including phenoxy) is 1. The van der Waals surface area contributed by atoms with Crippen molar-refractivity contribution in [2.75, 3.05) is 6.61 Å². The largest absolute Gasteiger partial charge is 0.491 e. The van der Waals surface area contributed by atoms with Gasteiger partial charge in [-0.05, 0) is 85.8 Å². The molecule has 0 atom stereocenters. The van der Waals surface area contributed by atoms with Crippen LogP contribution in [0.4, 0.5) is 8.78 Å². The average Bonchev–Trinajstić information content (AvgIpc) is 2.92. The SMILES string of the molecule is C/C=C/CCC1CCC(CCc2ccc(-c3ccc(-c4ccc(OCC)c(F)c4F)cc3)cc2)CC1. The van der Waals surface area contributed by atoms with E-state index in [1.165, 1.54) is 56.6 Å². The number of hydrogen-bond acceptors (Lipinski definition) is 1. The van der Waals surface area contributed by atoms with Crippen LogP contribution in [-0.2, 0) is 6.42 Å². The van der Waals surface area contributed by atoms with Gasteiger partial charge in [0, 0.05) is 5.56 Å². The highest BCUT2D eigenvalue weighted by molar-refractivity contribution is 5.71. The summed E-state index contributed by atoms with van der Waals surface area (Å²) in [5.74, 6) is -0.0778. The van der Waals surface area contributed by atoms with Gasteiger partial charge in [-0.15, -0.1) is 0 Å². The Morgan fingerprint density at radius 3 is 1.94 bits per heavy atom. The fourth-order valence-corrected chi connectivity index (χ4v) is 5.41. The van der Waals surface area contributed by atoms with Crippen LogP contribution < -0.4 is 4.74 Å². The molecule has 0 aromatic heterocycles. The molecular formula is C33H38F2O. The second-order valence-corrected chi connectivity index (χ2v) is 10.0. The summed E-state index contributed by atoms with van der Waals surface area (Å²) in [7, 11) is 0. The maximum atomic E-state index is 14.6. The van der Waals surface area contributed by atoms with Crippen LogP contribution in [0.25, 0.3) is 22.3 Å². The van der Waals surface area contributed by atoms with Gasteiger partial charge in [-0.3, -0.25) is 0 Å². The number of allylic oxidation sites excluding steroid dienone is 2.